The van der Waals surface area contributed by atoms with Crippen molar-refractivity contribution >= 4 is 33.4 Å². The van der Waals surface area contributed by atoms with Crippen molar-refractivity contribution in [2.45, 2.75) is 19.3 Å². The Bertz CT molecular complexity index is 429. The van der Waals surface area contributed by atoms with Crippen LogP contribution < -0.4 is 5.32 Å². The van der Waals surface area contributed by atoms with E-state index >= 15 is 0 Å². The first-order valence-electron chi connectivity index (χ1n) is 6.47. The Labute approximate surface area is 126 Å². The van der Waals surface area contributed by atoms with E-state index in [4.69, 9.17) is 16.3 Å². The number of hydrogen-bond acceptors (Lipinski definition) is 2. The van der Waals surface area contributed by atoms with Crippen LogP contribution in [0.15, 0.2) is 22.7 Å². The minimum Gasteiger partial charge on any atom is -0.381 e. The Kier molecular flexibility index (Phi) is 5.67. The van der Waals surface area contributed by atoms with Crippen molar-refractivity contribution in [3.05, 3.63) is 33.3 Å². The Morgan fingerprint density at radius 2 is 2.21 bits per heavy atom. The molecule has 1 amide bonds. The maximum Gasteiger partial charge on any atom is 0.251 e. The van der Waals surface area contributed by atoms with E-state index < -0.39 is 0 Å². The highest BCUT2D eigenvalue weighted by atomic mass is 79.9. The van der Waals surface area contributed by atoms with Gasteiger partial charge in [0, 0.05) is 34.8 Å². The fourth-order valence-electron chi connectivity index (χ4n) is 1.70. The molecular weight excluding hydrogens is 330 g/mol. The van der Waals surface area contributed by atoms with Gasteiger partial charge in [-0.1, -0.05) is 27.5 Å². The molecule has 1 fully saturated rings. The molecule has 0 saturated heterocycles. The minimum absolute atomic E-state index is 0.106. The van der Waals surface area contributed by atoms with E-state index in [1.807, 2.05) is 0 Å². The third-order valence-corrected chi connectivity index (χ3v) is 3.60. The number of carbonyl (C=O) groups is 1. The van der Waals surface area contributed by atoms with Gasteiger partial charge in [-0.3, -0.25) is 4.79 Å². The van der Waals surface area contributed by atoms with Crippen molar-refractivity contribution in [1.82, 2.24) is 5.32 Å². The van der Waals surface area contributed by atoms with Crippen LogP contribution in [-0.2, 0) is 4.74 Å². The predicted octanol–water partition coefficient (Wildman–Crippen LogP) is 3.65. The van der Waals surface area contributed by atoms with Crippen LogP contribution in [0.25, 0.3) is 0 Å². The topological polar surface area (TPSA) is 38.3 Å². The van der Waals surface area contributed by atoms with E-state index in [0.717, 1.165) is 23.4 Å². The van der Waals surface area contributed by atoms with Gasteiger partial charge in [-0.05, 0) is 43.4 Å². The average molecular weight is 347 g/mol. The summed E-state index contributed by atoms with van der Waals surface area (Å²) in [5.41, 5.74) is 0.568. The second kappa shape index (κ2) is 7.27. The molecule has 1 N–H and O–H groups in total. The molecule has 2 rings (SSSR count). The Morgan fingerprint density at radius 3 is 2.89 bits per heavy atom. The van der Waals surface area contributed by atoms with Crippen LogP contribution in [0.1, 0.15) is 29.6 Å². The van der Waals surface area contributed by atoms with E-state index in [1.54, 1.807) is 18.2 Å². The molecule has 1 aromatic carbocycles. The molecule has 19 heavy (non-hydrogen) atoms. The molecule has 104 valence electrons. The quantitative estimate of drug-likeness (QED) is 0.765. The first-order chi connectivity index (χ1) is 9.15. The fourth-order valence-corrected chi connectivity index (χ4v) is 2.56. The fraction of sp³-hybridized carbons (Fsp3) is 0.500. The van der Waals surface area contributed by atoms with Gasteiger partial charge in [0.25, 0.3) is 5.91 Å². The van der Waals surface area contributed by atoms with Gasteiger partial charge in [0.2, 0.25) is 0 Å². The lowest BCUT2D eigenvalue weighted by molar-refractivity contribution is 0.0937. The van der Waals surface area contributed by atoms with E-state index in [2.05, 4.69) is 21.2 Å². The third-order valence-electron chi connectivity index (χ3n) is 2.93. The Balaban J connectivity index is 1.65. The molecule has 0 heterocycles. The van der Waals surface area contributed by atoms with E-state index in [0.29, 0.717) is 23.7 Å². The molecule has 1 saturated carbocycles. The first kappa shape index (κ1) is 14.8. The Morgan fingerprint density at radius 1 is 1.42 bits per heavy atom. The zero-order chi connectivity index (χ0) is 13.7. The largest absolute Gasteiger partial charge is 0.381 e. The number of nitrogens with one attached hydrogen (secondary N) is 1. The van der Waals surface area contributed by atoms with Crippen LogP contribution >= 0.6 is 27.5 Å². The molecule has 0 aliphatic heterocycles. The lowest BCUT2D eigenvalue weighted by atomic mass is 10.2. The molecule has 5 heteroatoms. The van der Waals surface area contributed by atoms with Gasteiger partial charge in [-0.25, -0.2) is 0 Å². The van der Waals surface area contributed by atoms with Gasteiger partial charge >= 0.3 is 0 Å². The van der Waals surface area contributed by atoms with Gasteiger partial charge < -0.3 is 10.1 Å². The number of amides is 1. The molecule has 0 spiro atoms. The van der Waals surface area contributed by atoms with Crippen molar-refractivity contribution in [2.24, 2.45) is 5.92 Å². The average Bonchev–Trinajstić information content (AvgIpc) is 3.16. The van der Waals surface area contributed by atoms with Gasteiger partial charge in [-0.15, -0.1) is 0 Å². The van der Waals surface area contributed by atoms with Gasteiger partial charge in [0.15, 0.2) is 0 Å². The maximum absolute atomic E-state index is 11.9. The molecular formula is C14H17BrClNO2. The van der Waals surface area contributed by atoms with Gasteiger partial charge in [0.1, 0.15) is 0 Å². The highest BCUT2D eigenvalue weighted by Crippen LogP contribution is 2.28. The van der Waals surface area contributed by atoms with Crippen LogP contribution in [-0.4, -0.2) is 25.7 Å². The zero-order valence-electron chi connectivity index (χ0n) is 10.6. The van der Waals surface area contributed by atoms with E-state index in [9.17, 15) is 4.79 Å². The van der Waals surface area contributed by atoms with Crippen LogP contribution in [0.2, 0.25) is 5.02 Å². The summed E-state index contributed by atoms with van der Waals surface area (Å²) in [6, 6.07) is 5.17. The van der Waals surface area contributed by atoms with Crippen LogP contribution in [0.4, 0.5) is 0 Å². The molecule has 0 radical (unpaired) electrons. The number of ether oxygens (including phenoxy) is 1. The van der Waals surface area contributed by atoms with Crippen LogP contribution in [0, 0.1) is 5.92 Å². The predicted molar refractivity (Wildman–Crippen MR) is 79.6 cm³/mol. The number of halogens is 2. The standard InChI is InChI=1S/C14H17BrClNO2/c15-12-6-11(7-13(16)8-12)14(18)17-4-1-5-19-9-10-2-3-10/h6-8,10H,1-5,9H2,(H,17,18). The lowest BCUT2D eigenvalue weighted by Gasteiger charge is -2.07. The van der Waals surface area contributed by atoms with Gasteiger partial charge in [-0.2, -0.15) is 0 Å². The van der Waals surface area contributed by atoms with Crippen LogP contribution in [0.5, 0.6) is 0 Å². The summed E-state index contributed by atoms with van der Waals surface area (Å²) in [5, 5.41) is 3.41. The summed E-state index contributed by atoms with van der Waals surface area (Å²) in [6.45, 7) is 2.19. The van der Waals surface area contributed by atoms with Crippen LogP contribution in [0.3, 0.4) is 0 Å². The summed E-state index contributed by atoms with van der Waals surface area (Å²) in [6.07, 6.45) is 3.45. The monoisotopic (exact) mass is 345 g/mol. The van der Waals surface area contributed by atoms with Crippen molar-refractivity contribution in [1.29, 1.82) is 0 Å². The van der Waals surface area contributed by atoms with Gasteiger partial charge in [0.05, 0.1) is 0 Å². The summed E-state index contributed by atoms with van der Waals surface area (Å²) in [4.78, 5) is 11.9. The minimum atomic E-state index is -0.106. The van der Waals surface area contributed by atoms with Crippen molar-refractivity contribution in [2.75, 3.05) is 19.8 Å². The van der Waals surface area contributed by atoms with E-state index in [-0.39, 0.29) is 5.91 Å². The third kappa shape index (κ3) is 5.51. The molecule has 1 aliphatic rings. The maximum atomic E-state index is 11.9. The second-order valence-corrected chi connectivity index (χ2v) is 6.14. The lowest BCUT2D eigenvalue weighted by Crippen LogP contribution is -2.25. The molecule has 1 aromatic rings. The molecule has 3 nitrogen and oxygen atoms in total. The molecule has 0 aromatic heterocycles. The Hall–Kier alpha value is -0.580. The highest BCUT2D eigenvalue weighted by molar-refractivity contribution is 9.10. The SMILES string of the molecule is O=C(NCCCOCC1CC1)c1cc(Cl)cc(Br)c1. The second-order valence-electron chi connectivity index (χ2n) is 4.79. The summed E-state index contributed by atoms with van der Waals surface area (Å²) < 4.78 is 6.31. The van der Waals surface area contributed by atoms with Crippen molar-refractivity contribution in [3.63, 3.8) is 0 Å². The van der Waals surface area contributed by atoms with Crippen molar-refractivity contribution < 1.29 is 9.53 Å². The zero-order valence-corrected chi connectivity index (χ0v) is 13.0. The molecule has 0 atom stereocenters. The summed E-state index contributed by atoms with van der Waals surface area (Å²) in [7, 11) is 0. The number of rotatable bonds is 7. The normalized spacial score (nSPS) is 14.4. The molecule has 1 aliphatic carbocycles. The molecule has 0 bridgehead atoms. The highest BCUT2D eigenvalue weighted by Gasteiger charge is 2.20. The van der Waals surface area contributed by atoms with E-state index in [1.165, 1.54) is 12.8 Å². The van der Waals surface area contributed by atoms with Crippen molar-refractivity contribution in [3.8, 4) is 0 Å². The number of hydrogen-bond donors (Lipinski definition) is 1. The number of carbonyl (C=O) groups excluding carboxylic acids is 1. The molecule has 0 unspecified atom stereocenters. The smallest absolute Gasteiger partial charge is 0.251 e. The summed E-state index contributed by atoms with van der Waals surface area (Å²) >= 11 is 9.22. The first-order valence-corrected chi connectivity index (χ1v) is 7.64. The number of benzene rings is 1. The summed E-state index contributed by atoms with van der Waals surface area (Å²) in [5.74, 6) is 0.684.